The van der Waals surface area contributed by atoms with E-state index < -0.39 is 0 Å². The molecule has 2 aromatic rings. The van der Waals surface area contributed by atoms with Gasteiger partial charge in [0.15, 0.2) is 0 Å². The Kier molecular flexibility index (Phi) is 2.82. The van der Waals surface area contributed by atoms with Crippen LogP contribution in [-0.4, -0.2) is 20.6 Å². The van der Waals surface area contributed by atoms with Crippen LogP contribution in [0.25, 0.3) is 11.0 Å². The van der Waals surface area contributed by atoms with Crippen LogP contribution >= 0.6 is 0 Å². The zero-order valence-electron chi connectivity index (χ0n) is 11.0. The van der Waals surface area contributed by atoms with Gasteiger partial charge in [-0.3, -0.25) is 4.98 Å². The molecule has 2 N–H and O–H groups in total. The highest BCUT2D eigenvalue weighted by atomic mass is 15.1. The number of aromatic nitrogens is 3. The summed E-state index contributed by atoms with van der Waals surface area (Å²) in [6, 6.07) is 2.71. The Bertz CT molecular complexity index is 558. The minimum Gasteiger partial charge on any atom is -0.327 e. The van der Waals surface area contributed by atoms with Crippen molar-refractivity contribution < 1.29 is 0 Å². The highest BCUT2D eigenvalue weighted by Crippen LogP contribution is 2.35. The van der Waals surface area contributed by atoms with Crippen molar-refractivity contribution in [1.29, 1.82) is 0 Å². The van der Waals surface area contributed by atoms with E-state index in [9.17, 15) is 0 Å². The summed E-state index contributed by atoms with van der Waals surface area (Å²) in [5, 5.41) is 0. The average Bonchev–Trinajstić information content (AvgIpc) is 2.91. The molecule has 4 nitrogen and oxygen atoms in total. The molecule has 2 atom stereocenters. The summed E-state index contributed by atoms with van der Waals surface area (Å²) in [5.41, 5.74) is 8.39. The third kappa shape index (κ3) is 1.72. The molecule has 0 saturated heterocycles. The van der Waals surface area contributed by atoms with Crippen molar-refractivity contribution in [3.8, 4) is 0 Å². The van der Waals surface area contributed by atoms with Crippen LogP contribution in [0.2, 0.25) is 0 Å². The Morgan fingerprint density at radius 2 is 2.22 bits per heavy atom. The van der Waals surface area contributed by atoms with Crippen molar-refractivity contribution in [3.05, 3.63) is 24.3 Å². The van der Waals surface area contributed by atoms with E-state index in [0.29, 0.717) is 12.0 Å². The molecule has 0 amide bonds. The van der Waals surface area contributed by atoms with Crippen molar-refractivity contribution in [1.82, 2.24) is 14.5 Å². The van der Waals surface area contributed by atoms with Crippen molar-refractivity contribution in [2.24, 2.45) is 5.73 Å². The lowest BCUT2D eigenvalue weighted by Crippen LogP contribution is -2.25. The lowest BCUT2D eigenvalue weighted by Gasteiger charge is -2.19. The molecule has 0 aromatic carbocycles. The predicted octanol–water partition coefficient (Wildman–Crippen LogP) is 2.61. The molecule has 96 valence electrons. The summed E-state index contributed by atoms with van der Waals surface area (Å²) in [5.74, 6) is 1.55. The number of hydrogen-bond donors (Lipinski definition) is 1. The zero-order valence-corrected chi connectivity index (χ0v) is 11.0. The third-order valence-electron chi connectivity index (χ3n) is 3.94. The summed E-state index contributed by atoms with van der Waals surface area (Å²) in [6.45, 7) is 4.40. The number of fused-ring (bicyclic) bond motifs is 1. The number of hydrogen-bond acceptors (Lipinski definition) is 3. The standard InChI is InChI=1S/C14H20N4/c1-9(2)18-13-6-7-16-8-12(13)17-14(18)10-4-3-5-11(10)15/h6-11H,3-5,15H2,1-2H3. The summed E-state index contributed by atoms with van der Waals surface area (Å²) >= 11 is 0. The number of rotatable bonds is 2. The maximum absolute atomic E-state index is 6.23. The van der Waals surface area contributed by atoms with Gasteiger partial charge in [0, 0.05) is 24.2 Å². The van der Waals surface area contributed by atoms with E-state index in [1.54, 1.807) is 0 Å². The Morgan fingerprint density at radius 3 is 2.89 bits per heavy atom. The minimum atomic E-state index is 0.257. The molecule has 3 rings (SSSR count). The molecule has 0 aliphatic heterocycles. The molecule has 18 heavy (non-hydrogen) atoms. The zero-order chi connectivity index (χ0) is 12.7. The van der Waals surface area contributed by atoms with E-state index in [0.717, 1.165) is 24.2 Å². The molecule has 2 heterocycles. The van der Waals surface area contributed by atoms with E-state index in [4.69, 9.17) is 10.7 Å². The van der Waals surface area contributed by atoms with E-state index >= 15 is 0 Å². The van der Waals surface area contributed by atoms with Gasteiger partial charge >= 0.3 is 0 Å². The Labute approximate surface area is 107 Å². The van der Waals surface area contributed by atoms with Crippen LogP contribution in [0.1, 0.15) is 50.9 Å². The van der Waals surface area contributed by atoms with Gasteiger partial charge in [-0.05, 0) is 32.8 Å². The van der Waals surface area contributed by atoms with E-state index in [1.807, 2.05) is 18.5 Å². The molecule has 0 spiro atoms. The lowest BCUT2D eigenvalue weighted by molar-refractivity contribution is 0.510. The monoisotopic (exact) mass is 244 g/mol. The van der Waals surface area contributed by atoms with Gasteiger partial charge < -0.3 is 10.3 Å². The second-order valence-corrected chi connectivity index (χ2v) is 5.50. The third-order valence-corrected chi connectivity index (χ3v) is 3.94. The van der Waals surface area contributed by atoms with Gasteiger partial charge in [0.2, 0.25) is 0 Å². The molecule has 2 unspecified atom stereocenters. The molecule has 1 fully saturated rings. The van der Waals surface area contributed by atoms with Gasteiger partial charge in [-0.15, -0.1) is 0 Å². The smallest absolute Gasteiger partial charge is 0.114 e. The molecule has 4 heteroatoms. The van der Waals surface area contributed by atoms with Gasteiger partial charge in [0.1, 0.15) is 11.3 Å². The lowest BCUT2D eigenvalue weighted by atomic mass is 10.0. The van der Waals surface area contributed by atoms with Gasteiger partial charge in [0.05, 0.1) is 11.7 Å². The van der Waals surface area contributed by atoms with Crippen LogP contribution in [0.3, 0.4) is 0 Å². The Hall–Kier alpha value is -1.42. The van der Waals surface area contributed by atoms with Crippen molar-refractivity contribution in [2.75, 3.05) is 0 Å². The topological polar surface area (TPSA) is 56.7 Å². The number of imidazole rings is 1. The Morgan fingerprint density at radius 1 is 1.39 bits per heavy atom. The highest BCUT2D eigenvalue weighted by Gasteiger charge is 2.30. The number of nitrogens with zero attached hydrogens (tertiary/aromatic N) is 3. The maximum atomic E-state index is 6.23. The molecule has 2 aromatic heterocycles. The van der Waals surface area contributed by atoms with Crippen molar-refractivity contribution in [2.45, 2.75) is 51.1 Å². The number of nitrogens with two attached hydrogens (primary N) is 1. The van der Waals surface area contributed by atoms with Crippen molar-refractivity contribution in [3.63, 3.8) is 0 Å². The summed E-state index contributed by atoms with van der Waals surface area (Å²) in [7, 11) is 0. The maximum Gasteiger partial charge on any atom is 0.114 e. The highest BCUT2D eigenvalue weighted by molar-refractivity contribution is 5.75. The molecule has 1 saturated carbocycles. The molecule has 1 aliphatic carbocycles. The number of pyridine rings is 1. The van der Waals surface area contributed by atoms with Gasteiger partial charge in [-0.2, -0.15) is 0 Å². The summed E-state index contributed by atoms with van der Waals surface area (Å²) < 4.78 is 2.33. The first-order valence-electron chi connectivity index (χ1n) is 6.76. The van der Waals surface area contributed by atoms with Crippen LogP contribution in [0, 0.1) is 0 Å². The van der Waals surface area contributed by atoms with Gasteiger partial charge in [-0.1, -0.05) is 6.42 Å². The van der Waals surface area contributed by atoms with E-state index in [-0.39, 0.29) is 6.04 Å². The second-order valence-electron chi connectivity index (χ2n) is 5.50. The van der Waals surface area contributed by atoms with Crippen LogP contribution in [0.5, 0.6) is 0 Å². The quantitative estimate of drug-likeness (QED) is 0.883. The second kappa shape index (κ2) is 4.35. The fourth-order valence-corrected chi connectivity index (χ4v) is 3.08. The normalized spacial score (nSPS) is 24.2. The first-order valence-corrected chi connectivity index (χ1v) is 6.76. The van der Waals surface area contributed by atoms with Gasteiger partial charge in [-0.25, -0.2) is 4.98 Å². The Balaban J connectivity index is 2.18. The average molecular weight is 244 g/mol. The van der Waals surface area contributed by atoms with E-state index in [1.165, 1.54) is 11.9 Å². The SMILES string of the molecule is CC(C)n1c(C2CCCC2N)nc2cnccc21. The van der Waals surface area contributed by atoms with Crippen LogP contribution in [0.4, 0.5) is 0 Å². The molecular formula is C14H20N4. The first-order chi connectivity index (χ1) is 8.68. The largest absolute Gasteiger partial charge is 0.327 e. The fourth-order valence-electron chi connectivity index (χ4n) is 3.08. The van der Waals surface area contributed by atoms with Crippen LogP contribution in [0.15, 0.2) is 18.5 Å². The first kappa shape index (κ1) is 11.7. The minimum absolute atomic E-state index is 0.257. The summed E-state index contributed by atoms with van der Waals surface area (Å²) in [4.78, 5) is 8.95. The van der Waals surface area contributed by atoms with Crippen molar-refractivity contribution >= 4 is 11.0 Å². The van der Waals surface area contributed by atoms with Gasteiger partial charge in [0.25, 0.3) is 0 Å². The molecule has 0 radical (unpaired) electrons. The van der Waals surface area contributed by atoms with Crippen LogP contribution < -0.4 is 5.73 Å². The summed E-state index contributed by atoms with van der Waals surface area (Å²) in [6.07, 6.45) is 7.17. The molecule has 1 aliphatic rings. The van der Waals surface area contributed by atoms with E-state index in [2.05, 4.69) is 23.4 Å². The van der Waals surface area contributed by atoms with Crippen LogP contribution in [-0.2, 0) is 0 Å². The molecule has 0 bridgehead atoms. The molecular weight excluding hydrogens is 224 g/mol. The predicted molar refractivity (Wildman–Crippen MR) is 72.5 cm³/mol. The fraction of sp³-hybridized carbons (Fsp3) is 0.571.